The molecule has 1 N–H and O–H groups in total. The summed E-state index contributed by atoms with van der Waals surface area (Å²) in [6, 6.07) is 6.82. The largest absolute Gasteiger partial charge is 0.508 e. The maximum absolute atomic E-state index is 9.13. The van der Waals surface area contributed by atoms with E-state index in [-0.39, 0.29) is 5.75 Å². The van der Waals surface area contributed by atoms with E-state index in [2.05, 4.69) is 0 Å². The number of benzene rings is 1. The van der Waals surface area contributed by atoms with E-state index in [0.29, 0.717) is 18.5 Å². The van der Waals surface area contributed by atoms with Gasteiger partial charge in [0.1, 0.15) is 11.5 Å². The maximum atomic E-state index is 9.13. The average molecular weight is 180 g/mol. The first-order chi connectivity index (χ1) is 6.34. The van der Waals surface area contributed by atoms with Crippen LogP contribution in [0.5, 0.6) is 11.5 Å². The number of ether oxygens (including phenoxy) is 2. The molecule has 1 heterocycles. The Bertz CT molecular complexity index is 281. The van der Waals surface area contributed by atoms with Crippen molar-refractivity contribution in [1.29, 1.82) is 0 Å². The van der Waals surface area contributed by atoms with Crippen LogP contribution in [0.4, 0.5) is 0 Å². The molecule has 0 aliphatic carbocycles. The minimum absolute atomic E-state index is 0.236. The summed E-state index contributed by atoms with van der Waals surface area (Å²) >= 11 is 0. The number of hydrogen-bond acceptors (Lipinski definition) is 3. The molecular weight excluding hydrogens is 168 g/mol. The summed E-state index contributed by atoms with van der Waals surface area (Å²) in [6.07, 6.45) is 1.33. The van der Waals surface area contributed by atoms with E-state index in [9.17, 15) is 0 Å². The SMILES string of the molecule is Oc1cccc(OCCC2CO2)c1. The molecule has 70 valence electrons. The van der Waals surface area contributed by atoms with Crippen molar-refractivity contribution in [3.8, 4) is 11.5 Å². The van der Waals surface area contributed by atoms with Crippen molar-refractivity contribution < 1.29 is 14.6 Å². The zero-order valence-electron chi connectivity index (χ0n) is 7.27. The van der Waals surface area contributed by atoms with E-state index in [1.165, 1.54) is 0 Å². The fraction of sp³-hybridized carbons (Fsp3) is 0.400. The second-order valence-electron chi connectivity index (χ2n) is 3.09. The molecule has 1 saturated heterocycles. The van der Waals surface area contributed by atoms with Gasteiger partial charge in [-0.1, -0.05) is 6.07 Å². The Kier molecular flexibility index (Phi) is 2.36. The lowest BCUT2D eigenvalue weighted by molar-refractivity contribution is 0.282. The van der Waals surface area contributed by atoms with Crippen molar-refractivity contribution in [3.63, 3.8) is 0 Å². The Hall–Kier alpha value is -1.22. The molecule has 0 saturated carbocycles. The number of phenolic OH excluding ortho intramolecular Hbond substituents is 1. The van der Waals surface area contributed by atoms with E-state index >= 15 is 0 Å². The fourth-order valence-electron chi connectivity index (χ4n) is 1.12. The first-order valence-electron chi connectivity index (χ1n) is 4.38. The highest BCUT2D eigenvalue weighted by molar-refractivity contribution is 5.31. The lowest BCUT2D eigenvalue weighted by atomic mass is 10.3. The lowest BCUT2D eigenvalue weighted by Crippen LogP contribution is -2.00. The van der Waals surface area contributed by atoms with Crippen LogP contribution in [0.25, 0.3) is 0 Å². The highest BCUT2D eigenvalue weighted by atomic mass is 16.6. The Morgan fingerprint density at radius 2 is 2.38 bits per heavy atom. The molecule has 1 unspecified atom stereocenters. The first kappa shape index (κ1) is 8.38. The van der Waals surface area contributed by atoms with Gasteiger partial charge in [0, 0.05) is 12.5 Å². The van der Waals surface area contributed by atoms with Crippen LogP contribution in [0.2, 0.25) is 0 Å². The molecule has 3 heteroatoms. The van der Waals surface area contributed by atoms with Crippen LogP contribution in [0.1, 0.15) is 6.42 Å². The van der Waals surface area contributed by atoms with Crippen LogP contribution in [0.3, 0.4) is 0 Å². The van der Waals surface area contributed by atoms with Gasteiger partial charge in [0.05, 0.1) is 19.3 Å². The number of phenols is 1. The zero-order chi connectivity index (χ0) is 9.10. The lowest BCUT2D eigenvalue weighted by Gasteiger charge is -2.04. The summed E-state index contributed by atoms with van der Waals surface area (Å²) in [4.78, 5) is 0. The predicted molar refractivity (Wildman–Crippen MR) is 48.0 cm³/mol. The molecule has 0 bridgehead atoms. The van der Waals surface area contributed by atoms with Gasteiger partial charge in [0.15, 0.2) is 0 Å². The molecule has 1 aromatic carbocycles. The van der Waals surface area contributed by atoms with E-state index in [1.807, 2.05) is 6.07 Å². The van der Waals surface area contributed by atoms with Gasteiger partial charge in [-0.05, 0) is 12.1 Å². The summed E-state index contributed by atoms with van der Waals surface area (Å²) < 4.78 is 10.4. The van der Waals surface area contributed by atoms with Crippen LogP contribution >= 0.6 is 0 Å². The van der Waals surface area contributed by atoms with E-state index in [4.69, 9.17) is 14.6 Å². The van der Waals surface area contributed by atoms with Crippen LogP contribution in [0.15, 0.2) is 24.3 Å². The summed E-state index contributed by atoms with van der Waals surface area (Å²) in [6.45, 7) is 1.51. The highest BCUT2D eigenvalue weighted by Crippen LogP contribution is 2.19. The molecule has 13 heavy (non-hydrogen) atoms. The van der Waals surface area contributed by atoms with Crippen LogP contribution in [-0.4, -0.2) is 24.4 Å². The second kappa shape index (κ2) is 3.66. The molecule has 0 aromatic heterocycles. The Balaban J connectivity index is 1.79. The van der Waals surface area contributed by atoms with Crippen molar-refractivity contribution in [3.05, 3.63) is 24.3 Å². The molecular formula is C10H12O3. The minimum atomic E-state index is 0.236. The third-order valence-corrected chi connectivity index (χ3v) is 1.93. The topological polar surface area (TPSA) is 42.0 Å². The summed E-state index contributed by atoms with van der Waals surface area (Å²) in [5, 5.41) is 9.13. The molecule has 1 aromatic rings. The van der Waals surface area contributed by atoms with Crippen LogP contribution < -0.4 is 4.74 Å². The summed E-state index contributed by atoms with van der Waals surface area (Å²) in [7, 11) is 0. The molecule has 0 amide bonds. The zero-order valence-corrected chi connectivity index (χ0v) is 7.27. The Morgan fingerprint density at radius 3 is 3.08 bits per heavy atom. The van der Waals surface area contributed by atoms with Gasteiger partial charge in [0.25, 0.3) is 0 Å². The van der Waals surface area contributed by atoms with E-state index in [1.54, 1.807) is 18.2 Å². The molecule has 1 aliphatic heterocycles. The second-order valence-corrected chi connectivity index (χ2v) is 3.09. The van der Waals surface area contributed by atoms with Gasteiger partial charge >= 0.3 is 0 Å². The van der Waals surface area contributed by atoms with Crippen LogP contribution in [0, 0.1) is 0 Å². The first-order valence-corrected chi connectivity index (χ1v) is 4.38. The number of hydrogen-bond donors (Lipinski definition) is 1. The Morgan fingerprint density at radius 1 is 1.54 bits per heavy atom. The predicted octanol–water partition coefficient (Wildman–Crippen LogP) is 1.56. The average Bonchev–Trinajstić information content (AvgIpc) is 2.88. The number of aromatic hydroxyl groups is 1. The third kappa shape index (κ3) is 2.63. The highest BCUT2D eigenvalue weighted by Gasteiger charge is 2.21. The monoisotopic (exact) mass is 180 g/mol. The van der Waals surface area contributed by atoms with Gasteiger partial charge in [-0.3, -0.25) is 0 Å². The van der Waals surface area contributed by atoms with Crippen molar-refractivity contribution >= 4 is 0 Å². The fourth-order valence-corrected chi connectivity index (χ4v) is 1.12. The summed E-state index contributed by atoms with van der Waals surface area (Å²) in [5.41, 5.74) is 0. The van der Waals surface area contributed by atoms with Gasteiger partial charge in [-0.25, -0.2) is 0 Å². The van der Waals surface area contributed by atoms with E-state index in [0.717, 1.165) is 13.0 Å². The van der Waals surface area contributed by atoms with Crippen molar-refractivity contribution in [2.45, 2.75) is 12.5 Å². The molecule has 1 atom stereocenters. The molecule has 0 radical (unpaired) electrons. The molecule has 1 fully saturated rings. The van der Waals surface area contributed by atoms with Crippen molar-refractivity contribution in [2.24, 2.45) is 0 Å². The van der Waals surface area contributed by atoms with Crippen molar-refractivity contribution in [1.82, 2.24) is 0 Å². The van der Waals surface area contributed by atoms with Gasteiger partial charge in [0.2, 0.25) is 0 Å². The third-order valence-electron chi connectivity index (χ3n) is 1.93. The molecule has 1 aliphatic rings. The van der Waals surface area contributed by atoms with E-state index < -0.39 is 0 Å². The quantitative estimate of drug-likeness (QED) is 0.715. The normalized spacial score (nSPS) is 19.8. The smallest absolute Gasteiger partial charge is 0.122 e. The van der Waals surface area contributed by atoms with Gasteiger partial charge in [-0.15, -0.1) is 0 Å². The number of epoxide rings is 1. The van der Waals surface area contributed by atoms with Gasteiger partial charge in [-0.2, -0.15) is 0 Å². The van der Waals surface area contributed by atoms with Crippen molar-refractivity contribution in [2.75, 3.05) is 13.2 Å². The Labute approximate surface area is 76.9 Å². The van der Waals surface area contributed by atoms with Crippen LogP contribution in [-0.2, 0) is 4.74 Å². The maximum Gasteiger partial charge on any atom is 0.122 e. The molecule has 3 nitrogen and oxygen atoms in total. The molecule has 2 rings (SSSR count). The van der Waals surface area contributed by atoms with Gasteiger partial charge < -0.3 is 14.6 Å². The minimum Gasteiger partial charge on any atom is -0.508 e. The molecule has 0 spiro atoms. The number of rotatable bonds is 4. The summed E-state index contributed by atoms with van der Waals surface area (Å²) in [5.74, 6) is 0.945. The standard InChI is InChI=1S/C10H12O3/c11-8-2-1-3-9(6-8)12-5-4-10-7-13-10/h1-3,6,10-11H,4-5,7H2.